The summed E-state index contributed by atoms with van der Waals surface area (Å²) in [4.78, 5) is 13.5. The van der Waals surface area contributed by atoms with E-state index in [4.69, 9.17) is 0 Å². The van der Waals surface area contributed by atoms with Gasteiger partial charge in [0.25, 0.3) is 0 Å². The summed E-state index contributed by atoms with van der Waals surface area (Å²) >= 11 is 0. The van der Waals surface area contributed by atoms with E-state index in [0.717, 1.165) is 0 Å². The van der Waals surface area contributed by atoms with Crippen LogP contribution in [-0.2, 0) is 13.2 Å². The molecule has 0 atom stereocenters. The number of hydrogen-bond acceptors (Lipinski definition) is 4. The lowest BCUT2D eigenvalue weighted by atomic mass is 10.2. The Morgan fingerprint density at radius 1 is 1.41 bits per heavy atom. The molecule has 17 heavy (non-hydrogen) atoms. The van der Waals surface area contributed by atoms with E-state index in [2.05, 4.69) is 0 Å². The summed E-state index contributed by atoms with van der Waals surface area (Å²) in [6.07, 6.45) is 0. The van der Waals surface area contributed by atoms with Crippen LogP contribution in [0.3, 0.4) is 0 Å². The normalized spacial score (nSPS) is 11.5. The second-order valence-corrected chi connectivity index (χ2v) is 4.65. The molecule has 0 radical (unpaired) electrons. The van der Waals surface area contributed by atoms with E-state index in [1.54, 1.807) is 4.57 Å². The molecule has 0 aliphatic carbocycles. The van der Waals surface area contributed by atoms with Crippen LogP contribution >= 0.6 is 0 Å². The van der Waals surface area contributed by atoms with Gasteiger partial charge in [-0.25, -0.2) is 0 Å². The van der Waals surface area contributed by atoms with Gasteiger partial charge >= 0.3 is 0 Å². The Bertz CT molecular complexity index is 450. The Hall–Kier alpha value is -1.33. The molecule has 5 heteroatoms. The van der Waals surface area contributed by atoms with E-state index in [9.17, 15) is 15.0 Å². The van der Waals surface area contributed by atoms with Gasteiger partial charge in [0.15, 0.2) is 5.75 Å². The minimum absolute atomic E-state index is 0.0681. The highest BCUT2D eigenvalue weighted by Gasteiger charge is 2.16. The number of aliphatic hydroxyl groups is 1. The molecule has 1 rings (SSSR count). The van der Waals surface area contributed by atoms with E-state index < -0.39 is 5.43 Å². The first-order valence-corrected chi connectivity index (χ1v) is 5.60. The molecule has 0 fully saturated rings. The fourth-order valence-electron chi connectivity index (χ4n) is 1.93. The zero-order valence-electron chi connectivity index (χ0n) is 10.8. The molecule has 1 heterocycles. The summed E-state index contributed by atoms with van der Waals surface area (Å²) in [5.41, 5.74) is 0.629. The second kappa shape index (κ2) is 5.33. The molecule has 5 nitrogen and oxygen atoms in total. The molecule has 0 aliphatic rings. The third-order valence-electron chi connectivity index (χ3n) is 2.55. The molecule has 1 aromatic heterocycles. The molecule has 1 aromatic rings. The molecule has 0 amide bonds. The number of pyridine rings is 1. The monoisotopic (exact) mass is 240 g/mol. The Labute approximate surface area is 101 Å². The van der Waals surface area contributed by atoms with E-state index in [1.165, 1.54) is 6.07 Å². The van der Waals surface area contributed by atoms with Crippen molar-refractivity contribution in [2.45, 2.75) is 33.0 Å². The maximum Gasteiger partial charge on any atom is 0.223 e. The van der Waals surface area contributed by atoms with Gasteiger partial charge in [0.1, 0.15) is 0 Å². The zero-order valence-corrected chi connectivity index (χ0v) is 10.8. The molecule has 2 N–H and O–H groups in total. The van der Waals surface area contributed by atoms with E-state index in [-0.39, 0.29) is 18.4 Å². The van der Waals surface area contributed by atoms with Crippen molar-refractivity contribution >= 4 is 0 Å². The topological polar surface area (TPSA) is 65.7 Å². The van der Waals surface area contributed by atoms with Gasteiger partial charge in [0.2, 0.25) is 5.43 Å². The molecule has 0 spiro atoms. The Kier molecular flexibility index (Phi) is 4.31. The third-order valence-corrected chi connectivity index (χ3v) is 2.55. The van der Waals surface area contributed by atoms with Crippen LogP contribution in [0.4, 0.5) is 0 Å². The van der Waals surface area contributed by atoms with Gasteiger partial charge in [-0.1, -0.05) is 0 Å². The second-order valence-electron chi connectivity index (χ2n) is 4.65. The van der Waals surface area contributed by atoms with Gasteiger partial charge in [0.05, 0.1) is 12.3 Å². The van der Waals surface area contributed by atoms with Crippen LogP contribution in [0.15, 0.2) is 10.9 Å². The van der Waals surface area contributed by atoms with Gasteiger partial charge < -0.3 is 19.7 Å². The van der Waals surface area contributed by atoms with Gasteiger partial charge in [-0.2, -0.15) is 0 Å². The van der Waals surface area contributed by atoms with Crippen molar-refractivity contribution < 1.29 is 10.2 Å². The van der Waals surface area contributed by atoms with Crippen LogP contribution in [0.25, 0.3) is 0 Å². The lowest BCUT2D eigenvalue weighted by molar-refractivity contribution is 0.261. The van der Waals surface area contributed by atoms with Gasteiger partial charge in [-0.05, 0) is 27.9 Å². The van der Waals surface area contributed by atoms with Crippen LogP contribution in [0.1, 0.15) is 31.3 Å². The van der Waals surface area contributed by atoms with Crippen molar-refractivity contribution in [3.63, 3.8) is 0 Å². The number of rotatable bonds is 4. The number of aliphatic hydroxyl groups excluding tert-OH is 1. The molecule has 0 bridgehead atoms. The van der Waals surface area contributed by atoms with Crippen molar-refractivity contribution in [3.8, 4) is 5.75 Å². The smallest absolute Gasteiger partial charge is 0.223 e. The highest BCUT2D eigenvalue weighted by Crippen LogP contribution is 2.20. The lowest BCUT2D eigenvalue weighted by Gasteiger charge is -2.23. The third kappa shape index (κ3) is 2.87. The first-order chi connectivity index (χ1) is 7.88. The predicted octanol–water partition coefficient (Wildman–Crippen LogP) is 0.689. The van der Waals surface area contributed by atoms with Crippen molar-refractivity contribution in [2.24, 2.45) is 0 Å². The largest absolute Gasteiger partial charge is 0.503 e. The number of hydrogen-bond donors (Lipinski definition) is 2. The summed E-state index contributed by atoms with van der Waals surface area (Å²) in [5.74, 6) is -0.232. The number of nitrogens with zero attached hydrogens (tertiary/aromatic N) is 2. The summed E-state index contributed by atoms with van der Waals surface area (Å²) < 4.78 is 1.80. The first kappa shape index (κ1) is 13.7. The zero-order chi connectivity index (χ0) is 13.2. The number of aromatic nitrogens is 1. The van der Waals surface area contributed by atoms with E-state index in [0.29, 0.717) is 17.9 Å². The molecule has 0 aliphatic heterocycles. The maximum atomic E-state index is 11.6. The van der Waals surface area contributed by atoms with Crippen molar-refractivity contribution in [2.75, 3.05) is 14.1 Å². The molecule has 0 unspecified atom stereocenters. The highest BCUT2D eigenvalue weighted by atomic mass is 16.3. The minimum Gasteiger partial charge on any atom is -0.503 e. The molecule has 0 aromatic carbocycles. The Balaban J connectivity index is 3.50. The molecule has 0 saturated heterocycles. The van der Waals surface area contributed by atoms with Crippen LogP contribution in [0.5, 0.6) is 5.75 Å². The van der Waals surface area contributed by atoms with E-state index in [1.807, 2.05) is 32.8 Å². The average Bonchev–Trinajstić information content (AvgIpc) is 2.23. The highest BCUT2D eigenvalue weighted by molar-refractivity contribution is 5.30. The summed E-state index contributed by atoms with van der Waals surface area (Å²) in [6.45, 7) is 4.13. The van der Waals surface area contributed by atoms with Crippen molar-refractivity contribution in [1.29, 1.82) is 0 Å². The molecule has 96 valence electrons. The Morgan fingerprint density at radius 3 is 2.41 bits per heavy atom. The molecular formula is C12H20N2O3. The molecular weight excluding hydrogens is 220 g/mol. The average molecular weight is 240 g/mol. The van der Waals surface area contributed by atoms with Crippen LogP contribution in [-0.4, -0.2) is 33.8 Å². The van der Waals surface area contributed by atoms with Crippen molar-refractivity contribution in [1.82, 2.24) is 9.47 Å². The summed E-state index contributed by atoms with van der Waals surface area (Å²) in [6, 6.07) is 1.35. The fraction of sp³-hybridized carbons (Fsp3) is 0.583. The quantitative estimate of drug-likeness (QED) is 0.812. The Morgan fingerprint density at radius 2 is 2.00 bits per heavy atom. The maximum absolute atomic E-state index is 11.6. The SMILES string of the molecule is CC(C)n1c(CO)cc(=O)c(O)c1CN(C)C. The van der Waals surface area contributed by atoms with Gasteiger partial charge in [-0.3, -0.25) is 4.79 Å². The summed E-state index contributed by atoms with van der Waals surface area (Å²) in [5, 5.41) is 19.1. The van der Waals surface area contributed by atoms with Crippen molar-refractivity contribution in [3.05, 3.63) is 27.7 Å². The van der Waals surface area contributed by atoms with Gasteiger partial charge in [-0.15, -0.1) is 0 Å². The van der Waals surface area contributed by atoms with Crippen LogP contribution < -0.4 is 5.43 Å². The number of aromatic hydroxyl groups is 1. The van der Waals surface area contributed by atoms with Gasteiger partial charge in [0, 0.05) is 24.3 Å². The predicted molar refractivity (Wildman–Crippen MR) is 66.1 cm³/mol. The summed E-state index contributed by atoms with van der Waals surface area (Å²) in [7, 11) is 3.72. The standard InChI is InChI=1S/C12H20N2O3/c1-8(2)14-9(7-15)5-11(16)12(17)10(14)6-13(3)4/h5,8,15,17H,6-7H2,1-4H3. The van der Waals surface area contributed by atoms with Crippen LogP contribution in [0, 0.1) is 0 Å². The first-order valence-electron chi connectivity index (χ1n) is 5.60. The minimum atomic E-state index is -0.442. The lowest BCUT2D eigenvalue weighted by Crippen LogP contribution is -2.24. The molecule has 0 saturated carbocycles. The van der Waals surface area contributed by atoms with Crippen LogP contribution in [0.2, 0.25) is 0 Å². The van der Waals surface area contributed by atoms with E-state index >= 15 is 0 Å². The fourth-order valence-corrected chi connectivity index (χ4v) is 1.93.